The second-order valence-corrected chi connectivity index (χ2v) is 6.48. The molecule has 19 heavy (non-hydrogen) atoms. The van der Waals surface area contributed by atoms with Crippen molar-refractivity contribution in [3.63, 3.8) is 0 Å². The normalized spacial score (nSPS) is 23.2. The van der Waals surface area contributed by atoms with Gasteiger partial charge in [-0.1, -0.05) is 0 Å². The fraction of sp³-hybridized carbons (Fsp3) is 0.429. The lowest BCUT2D eigenvalue weighted by Crippen LogP contribution is -2.34. The summed E-state index contributed by atoms with van der Waals surface area (Å²) in [7, 11) is 0. The number of carbonyl (C=O) groups excluding carboxylic acids is 1. The third-order valence-corrected chi connectivity index (χ3v) is 4.42. The minimum atomic E-state index is -0.833. The van der Waals surface area contributed by atoms with Crippen LogP contribution in [0.25, 0.3) is 6.08 Å². The summed E-state index contributed by atoms with van der Waals surface area (Å²) in [6, 6.07) is 3.97. The van der Waals surface area contributed by atoms with Crippen molar-refractivity contribution in [2.45, 2.75) is 20.3 Å². The summed E-state index contributed by atoms with van der Waals surface area (Å²) in [6.07, 6.45) is 3.83. The molecule has 1 aliphatic heterocycles. The number of carboxylic acids is 1. The van der Waals surface area contributed by atoms with Gasteiger partial charge in [-0.15, -0.1) is 11.3 Å². The van der Waals surface area contributed by atoms with Gasteiger partial charge in [-0.05, 0) is 38.5 Å². The topological polar surface area (TPSA) is 57.6 Å². The number of hydrogen-bond acceptors (Lipinski definition) is 3. The molecule has 1 N–H and O–H groups in total. The summed E-state index contributed by atoms with van der Waals surface area (Å²) in [4.78, 5) is 26.9. The minimum absolute atomic E-state index is 0.115. The van der Waals surface area contributed by atoms with Gasteiger partial charge in [-0.3, -0.25) is 9.59 Å². The van der Waals surface area contributed by atoms with Gasteiger partial charge in [-0.2, -0.15) is 0 Å². The number of hydrogen-bond donors (Lipinski definition) is 1. The molecule has 5 heteroatoms. The maximum absolute atomic E-state index is 12.0. The Bertz CT molecular complexity index is 535. The fourth-order valence-corrected chi connectivity index (χ4v) is 2.91. The van der Waals surface area contributed by atoms with E-state index in [1.54, 1.807) is 29.2 Å². The van der Waals surface area contributed by atoms with E-state index in [-0.39, 0.29) is 12.5 Å². The van der Waals surface area contributed by atoms with Crippen LogP contribution in [0.4, 0.5) is 0 Å². The molecule has 0 bridgehead atoms. The van der Waals surface area contributed by atoms with E-state index in [1.807, 2.05) is 19.1 Å². The largest absolute Gasteiger partial charge is 0.481 e. The zero-order valence-corrected chi connectivity index (χ0v) is 11.9. The Hall–Kier alpha value is -1.62. The molecular weight excluding hydrogens is 262 g/mol. The number of nitrogens with zero attached hydrogens (tertiary/aromatic N) is 1. The lowest BCUT2D eigenvalue weighted by Gasteiger charge is -2.18. The second kappa shape index (κ2) is 5.17. The van der Waals surface area contributed by atoms with Gasteiger partial charge in [0, 0.05) is 28.9 Å². The maximum atomic E-state index is 12.0. The summed E-state index contributed by atoms with van der Waals surface area (Å²) in [6.45, 7) is 4.50. The van der Waals surface area contributed by atoms with Crippen LogP contribution in [0.15, 0.2) is 18.2 Å². The van der Waals surface area contributed by atoms with Crippen molar-refractivity contribution in [1.82, 2.24) is 4.90 Å². The first-order valence-corrected chi connectivity index (χ1v) is 6.99. The molecule has 4 nitrogen and oxygen atoms in total. The number of carboxylic acid groups (broad SMARTS) is 1. The summed E-state index contributed by atoms with van der Waals surface area (Å²) in [5, 5.41) is 9.13. The van der Waals surface area contributed by atoms with Gasteiger partial charge in [0.2, 0.25) is 5.91 Å². The van der Waals surface area contributed by atoms with E-state index in [9.17, 15) is 9.59 Å². The Morgan fingerprint density at radius 3 is 2.74 bits per heavy atom. The maximum Gasteiger partial charge on any atom is 0.311 e. The Kier molecular flexibility index (Phi) is 3.75. The molecule has 0 radical (unpaired) electrons. The molecule has 0 spiro atoms. The quantitative estimate of drug-likeness (QED) is 0.864. The van der Waals surface area contributed by atoms with Crippen LogP contribution in [0, 0.1) is 12.3 Å². The lowest BCUT2D eigenvalue weighted by molar-refractivity contribution is -0.147. The Balaban J connectivity index is 1.99. The summed E-state index contributed by atoms with van der Waals surface area (Å²) in [5.41, 5.74) is -0.803. The van der Waals surface area contributed by atoms with Crippen LogP contribution in [0.5, 0.6) is 0 Å². The molecule has 0 aromatic carbocycles. The molecule has 1 amide bonds. The van der Waals surface area contributed by atoms with Crippen molar-refractivity contribution in [2.24, 2.45) is 5.41 Å². The standard InChI is InChI=1S/C14H17NO3S/c1-10-3-4-11(19-10)5-6-12(16)15-8-7-14(2,9-15)13(17)18/h3-6H,7-9H2,1-2H3,(H,17,18). The highest BCUT2D eigenvalue weighted by atomic mass is 32.1. The zero-order chi connectivity index (χ0) is 14.0. The van der Waals surface area contributed by atoms with Crippen molar-refractivity contribution in [1.29, 1.82) is 0 Å². The molecule has 0 saturated carbocycles. The molecule has 1 aliphatic rings. The van der Waals surface area contributed by atoms with E-state index >= 15 is 0 Å². The molecule has 102 valence electrons. The van der Waals surface area contributed by atoms with Gasteiger partial charge in [-0.25, -0.2) is 0 Å². The predicted molar refractivity (Wildman–Crippen MR) is 75.0 cm³/mol. The van der Waals surface area contributed by atoms with Crippen LogP contribution in [0.3, 0.4) is 0 Å². The van der Waals surface area contributed by atoms with Crippen molar-refractivity contribution >= 4 is 29.3 Å². The fourth-order valence-electron chi connectivity index (χ4n) is 2.13. The molecule has 2 heterocycles. The van der Waals surface area contributed by atoms with Crippen LogP contribution in [0.1, 0.15) is 23.1 Å². The lowest BCUT2D eigenvalue weighted by atomic mass is 9.90. The first-order valence-electron chi connectivity index (χ1n) is 6.17. The van der Waals surface area contributed by atoms with E-state index in [1.165, 1.54) is 11.0 Å². The first kappa shape index (κ1) is 13.8. The molecule has 1 aromatic rings. The summed E-state index contributed by atoms with van der Waals surface area (Å²) < 4.78 is 0. The number of aliphatic carboxylic acids is 1. The zero-order valence-electron chi connectivity index (χ0n) is 11.0. The van der Waals surface area contributed by atoms with E-state index in [2.05, 4.69) is 0 Å². The molecule has 1 unspecified atom stereocenters. The molecule has 1 fully saturated rings. The SMILES string of the molecule is Cc1ccc(C=CC(=O)N2CCC(C)(C(=O)O)C2)s1. The number of carbonyl (C=O) groups is 2. The van der Waals surface area contributed by atoms with E-state index in [4.69, 9.17) is 5.11 Å². The molecule has 2 rings (SSSR count). The summed E-state index contributed by atoms with van der Waals surface area (Å²) in [5.74, 6) is -0.948. The highest BCUT2D eigenvalue weighted by Gasteiger charge is 2.41. The van der Waals surface area contributed by atoms with Gasteiger partial charge in [0.25, 0.3) is 0 Å². The predicted octanol–water partition coefficient (Wildman–Crippen LogP) is 2.39. The number of rotatable bonds is 3. The van der Waals surface area contributed by atoms with Gasteiger partial charge in [0.05, 0.1) is 5.41 Å². The molecular formula is C14H17NO3S. The monoisotopic (exact) mass is 279 g/mol. The molecule has 1 atom stereocenters. The highest BCUT2D eigenvalue weighted by molar-refractivity contribution is 7.12. The van der Waals surface area contributed by atoms with Gasteiger partial charge >= 0.3 is 5.97 Å². The van der Waals surface area contributed by atoms with Crippen LogP contribution in [-0.2, 0) is 9.59 Å². The Labute approximate surface area is 116 Å². The summed E-state index contributed by atoms with van der Waals surface area (Å²) >= 11 is 1.63. The first-order chi connectivity index (χ1) is 8.90. The van der Waals surface area contributed by atoms with Crippen LogP contribution in [0.2, 0.25) is 0 Å². The average molecular weight is 279 g/mol. The number of thiophene rings is 1. The Morgan fingerprint density at radius 2 is 2.21 bits per heavy atom. The third-order valence-electron chi connectivity index (χ3n) is 3.45. The highest BCUT2D eigenvalue weighted by Crippen LogP contribution is 2.30. The van der Waals surface area contributed by atoms with Crippen LogP contribution >= 0.6 is 11.3 Å². The van der Waals surface area contributed by atoms with E-state index < -0.39 is 11.4 Å². The van der Waals surface area contributed by atoms with Gasteiger partial charge in [0.1, 0.15) is 0 Å². The van der Waals surface area contributed by atoms with E-state index in [0.717, 1.165) is 4.88 Å². The van der Waals surface area contributed by atoms with Crippen molar-refractivity contribution in [2.75, 3.05) is 13.1 Å². The van der Waals surface area contributed by atoms with Crippen molar-refractivity contribution in [3.8, 4) is 0 Å². The van der Waals surface area contributed by atoms with Gasteiger partial charge in [0.15, 0.2) is 0 Å². The minimum Gasteiger partial charge on any atom is -0.481 e. The second-order valence-electron chi connectivity index (χ2n) is 5.16. The van der Waals surface area contributed by atoms with Crippen LogP contribution < -0.4 is 0 Å². The molecule has 1 aromatic heterocycles. The molecule has 0 aliphatic carbocycles. The van der Waals surface area contributed by atoms with Crippen LogP contribution in [-0.4, -0.2) is 35.0 Å². The third kappa shape index (κ3) is 3.04. The van der Waals surface area contributed by atoms with Crippen molar-refractivity contribution in [3.05, 3.63) is 28.0 Å². The van der Waals surface area contributed by atoms with Crippen molar-refractivity contribution < 1.29 is 14.7 Å². The number of amides is 1. The van der Waals surface area contributed by atoms with E-state index in [0.29, 0.717) is 13.0 Å². The Morgan fingerprint density at radius 1 is 1.47 bits per heavy atom. The molecule has 1 saturated heterocycles. The smallest absolute Gasteiger partial charge is 0.311 e. The number of aryl methyl sites for hydroxylation is 1. The van der Waals surface area contributed by atoms with Gasteiger partial charge < -0.3 is 10.0 Å². The average Bonchev–Trinajstić information content (AvgIpc) is 2.94. The number of likely N-dealkylation sites (tertiary alicyclic amines) is 1.